The molecule has 194 valence electrons. The van der Waals surface area contributed by atoms with Gasteiger partial charge in [0.05, 0.1) is 4.90 Å². The first-order chi connectivity index (χ1) is 18.2. The first kappa shape index (κ1) is 26.8. The highest BCUT2D eigenvalue weighted by molar-refractivity contribution is 9.10. The van der Waals surface area contributed by atoms with Crippen molar-refractivity contribution in [3.8, 4) is 0 Å². The van der Waals surface area contributed by atoms with Crippen LogP contribution in [0.25, 0.3) is 0 Å². The van der Waals surface area contributed by atoms with Gasteiger partial charge in [0.25, 0.3) is 5.91 Å². The third-order valence-corrected chi connectivity index (χ3v) is 10.4. The summed E-state index contributed by atoms with van der Waals surface area (Å²) in [6, 6.07) is 17.3. The SMILES string of the molecule is O=C1C(O)=C(S(=O)(=O)c2ccc(Cl)cc2)C(c2ccc(Br)cc2)N1c1nnc(SCc2ccccc2F)s1. The lowest BCUT2D eigenvalue weighted by molar-refractivity contribution is -0.117. The van der Waals surface area contributed by atoms with Gasteiger partial charge in [0.1, 0.15) is 16.8 Å². The highest BCUT2D eigenvalue weighted by Gasteiger charge is 2.48. The molecule has 0 aliphatic carbocycles. The van der Waals surface area contributed by atoms with E-state index in [0.29, 0.717) is 20.5 Å². The van der Waals surface area contributed by atoms with E-state index in [0.717, 1.165) is 20.7 Å². The summed E-state index contributed by atoms with van der Waals surface area (Å²) in [6.45, 7) is 0. The van der Waals surface area contributed by atoms with Crippen molar-refractivity contribution in [3.05, 3.63) is 110 Å². The Labute approximate surface area is 239 Å². The number of sulfone groups is 1. The average molecular weight is 653 g/mol. The van der Waals surface area contributed by atoms with Gasteiger partial charge in [0.15, 0.2) is 10.1 Å². The second-order valence-electron chi connectivity index (χ2n) is 8.03. The van der Waals surface area contributed by atoms with Gasteiger partial charge in [-0.3, -0.25) is 9.69 Å². The lowest BCUT2D eigenvalue weighted by Gasteiger charge is -2.24. The topological polar surface area (TPSA) is 100 Å². The Kier molecular flexibility index (Phi) is 7.60. The van der Waals surface area contributed by atoms with Crippen molar-refractivity contribution in [3.63, 3.8) is 0 Å². The summed E-state index contributed by atoms with van der Waals surface area (Å²) in [4.78, 5) is 13.9. The van der Waals surface area contributed by atoms with E-state index >= 15 is 0 Å². The molecule has 2 heterocycles. The van der Waals surface area contributed by atoms with E-state index in [4.69, 9.17) is 11.6 Å². The molecule has 13 heteroatoms. The number of hydrogen-bond donors (Lipinski definition) is 1. The van der Waals surface area contributed by atoms with Crippen LogP contribution >= 0.6 is 50.6 Å². The number of aliphatic hydroxyl groups excluding tert-OH is 1. The number of aromatic nitrogens is 2. The van der Waals surface area contributed by atoms with Crippen molar-refractivity contribution >= 4 is 71.5 Å². The molecule has 0 saturated carbocycles. The van der Waals surface area contributed by atoms with Crippen molar-refractivity contribution < 1.29 is 22.7 Å². The van der Waals surface area contributed by atoms with Crippen LogP contribution in [0.5, 0.6) is 0 Å². The Morgan fingerprint density at radius 3 is 2.42 bits per heavy atom. The molecule has 1 aliphatic heterocycles. The highest BCUT2D eigenvalue weighted by Crippen LogP contribution is 2.46. The molecule has 3 aromatic carbocycles. The minimum atomic E-state index is -4.32. The number of benzene rings is 3. The number of amides is 1. The smallest absolute Gasteiger partial charge is 0.296 e. The van der Waals surface area contributed by atoms with Gasteiger partial charge < -0.3 is 5.11 Å². The number of rotatable bonds is 7. The molecule has 0 bridgehead atoms. The van der Waals surface area contributed by atoms with Crippen LogP contribution in [0.3, 0.4) is 0 Å². The maximum atomic E-state index is 14.0. The molecule has 1 aliphatic rings. The predicted octanol–water partition coefficient (Wildman–Crippen LogP) is 6.72. The summed E-state index contributed by atoms with van der Waals surface area (Å²) in [5.74, 6) is -1.89. The van der Waals surface area contributed by atoms with Gasteiger partial charge in [-0.05, 0) is 53.6 Å². The summed E-state index contributed by atoms with van der Waals surface area (Å²) in [7, 11) is -4.32. The maximum Gasteiger partial charge on any atom is 0.296 e. The molecule has 0 spiro atoms. The van der Waals surface area contributed by atoms with E-state index in [1.54, 1.807) is 42.5 Å². The monoisotopic (exact) mass is 651 g/mol. The second-order valence-corrected chi connectivity index (χ2v) is 13.5. The molecular weight excluding hydrogens is 637 g/mol. The van der Waals surface area contributed by atoms with Crippen LogP contribution in [0.1, 0.15) is 17.2 Å². The molecule has 7 nitrogen and oxygen atoms in total. The standard InChI is InChI=1S/C25H16BrClFN3O4S3/c26-16-7-5-14(6-8-16)20-22(38(34,35)18-11-9-17(27)10-12-18)21(32)23(33)31(20)24-29-30-25(37-24)36-13-15-3-1-2-4-19(15)28/h1-12,20,32H,13H2. The highest BCUT2D eigenvalue weighted by atomic mass is 79.9. The Bertz CT molecular complexity index is 1660. The normalized spacial score (nSPS) is 15.9. The zero-order valence-corrected chi connectivity index (χ0v) is 23.9. The van der Waals surface area contributed by atoms with E-state index in [1.165, 1.54) is 42.1 Å². The van der Waals surface area contributed by atoms with Crippen molar-refractivity contribution in [2.75, 3.05) is 4.90 Å². The van der Waals surface area contributed by atoms with Crippen LogP contribution < -0.4 is 4.90 Å². The van der Waals surface area contributed by atoms with Gasteiger partial charge in [0.2, 0.25) is 15.0 Å². The maximum absolute atomic E-state index is 14.0. The number of halogens is 3. The van der Waals surface area contributed by atoms with E-state index in [2.05, 4.69) is 26.1 Å². The van der Waals surface area contributed by atoms with Crippen molar-refractivity contribution in [1.82, 2.24) is 10.2 Å². The average Bonchev–Trinajstić information content (AvgIpc) is 3.46. The number of hydrogen-bond acceptors (Lipinski definition) is 8. The molecular formula is C25H16BrClFN3O4S3. The largest absolute Gasteiger partial charge is 0.502 e. The molecule has 1 atom stereocenters. The summed E-state index contributed by atoms with van der Waals surface area (Å²) >= 11 is 11.6. The Morgan fingerprint density at radius 2 is 1.74 bits per heavy atom. The third-order valence-electron chi connectivity index (χ3n) is 5.67. The minimum Gasteiger partial charge on any atom is -0.502 e. The minimum absolute atomic E-state index is 0.0896. The molecule has 1 unspecified atom stereocenters. The van der Waals surface area contributed by atoms with Crippen LogP contribution in [-0.2, 0) is 20.4 Å². The molecule has 1 N–H and O–H groups in total. The zero-order valence-electron chi connectivity index (χ0n) is 19.1. The van der Waals surface area contributed by atoms with Crippen LogP contribution in [-0.4, -0.2) is 29.6 Å². The van der Waals surface area contributed by atoms with Gasteiger partial charge >= 0.3 is 0 Å². The quantitative estimate of drug-likeness (QED) is 0.175. The molecule has 0 fully saturated rings. The van der Waals surface area contributed by atoms with Crippen LogP contribution in [0.15, 0.2) is 97.2 Å². The predicted molar refractivity (Wildman–Crippen MR) is 149 cm³/mol. The number of aliphatic hydroxyl groups is 1. The lowest BCUT2D eigenvalue weighted by Crippen LogP contribution is -2.31. The first-order valence-corrected chi connectivity index (χ1v) is 15.3. The van der Waals surface area contributed by atoms with E-state index in [9.17, 15) is 22.7 Å². The number of nitrogens with zero attached hydrogens (tertiary/aromatic N) is 3. The number of carbonyl (C=O) groups is 1. The Balaban J connectivity index is 1.54. The number of thioether (sulfide) groups is 1. The first-order valence-electron chi connectivity index (χ1n) is 10.9. The Hall–Kier alpha value is -2.77. The molecule has 1 aromatic heterocycles. The fourth-order valence-corrected chi connectivity index (χ4v) is 7.72. The van der Waals surface area contributed by atoms with Crippen molar-refractivity contribution in [2.45, 2.75) is 21.0 Å². The van der Waals surface area contributed by atoms with Crippen molar-refractivity contribution in [1.29, 1.82) is 0 Å². The van der Waals surface area contributed by atoms with Gasteiger partial charge in [-0.25, -0.2) is 12.8 Å². The molecule has 0 saturated heterocycles. The molecule has 38 heavy (non-hydrogen) atoms. The fraction of sp³-hybridized carbons (Fsp3) is 0.0800. The molecule has 4 aromatic rings. The molecule has 5 rings (SSSR count). The van der Waals surface area contributed by atoms with Crippen LogP contribution in [0, 0.1) is 5.82 Å². The van der Waals surface area contributed by atoms with E-state index in [1.807, 2.05) is 0 Å². The summed E-state index contributed by atoms with van der Waals surface area (Å²) in [6.07, 6.45) is 0. The fourth-order valence-electron chi connectivity index (χ4n) is 3.85. The third kappa shape index (κ3) is 5.10. The summed E-state index contributed by atoms with van der Waals surface area (Å²) in [5.41, 5.74) is 0.920. The van der Waals surface area contributed by atoms with Gasteiger partial charge in [-0.15, -0.1) is 10.2 Å². The van der Waals surface area contributed by atoms with Gasteiger partial charge in [-0.2, -0.15) is 0 Å². The van der Waals surface area contributed by atoms with Gasteiger partial charge in [-0.1, -0.05) is 81.0 Å². The molecule has 1 amide bonds. The van der Waals surface area contributed by atoms with Crippen LogP contribution in [0.4, 0.5) is 9.52 Å². The van der Waals surface area contributed by atoms with E-state index < -0.39 is 32.5 Å². The van der Waals surface area contributed by atoms with Gasteiger partial charge in [0, 0.05) is 15.2 Å². The second kappa shape index (κ2) is 10.8. The van der Waals surface area contributed by atoms with E-state index in [-0.39, 0.29) is 21.6 Å². The van der Waals surface area contributed by atoms with Crippen LogP contribution in [0.2, 0.25) is 5.02 Å². The molecule has 0 radical (unpaired) electrons. The zero-order chi connectivity index (χ0) is 27.0. The number of anilines is 1. The summed E-state index contributed by atoms with van der Waals surface area (Å²) < 4.78 is 42.6. The Morgan fingerprint density at radius 1 is 1.05 bits per heavy atom. The number of carbonyl (C=O) groups excluding carboxylic acids is 1. The lowest BCUT2D eigenvalue weighted by atomic mass is 10.1. The summed E-state index contributed by atoms with van der Waals surface area (Å²) in [5, 5.41) is 19.5. The van der Waals surface area contributed by atoms with Crippen molar-refractivity contribution in [2.24, 2.45) is 0 Å².